The second-order valence-electron chi connectivity index (χ2n) is 16.5. The van der Waals surface area contributed by atoms with Gasteiger partial charge in [0.15, 0.2) is 9.84 Å². The molecule has 20 heteroatoms. The highest BCUT2D eigenvalue weighted by atomic mass is 32.2. The van der Waals surface area contributed by atoms with Gasteiger partial charge in [0.2, 0.25) is 21.7 Å². The van der Waals surface area contributed by atoms with Crippen LogP contribution in [0.5, 0.6) is 0 Å². The van der Waals surface area contributed by atoms with Crippen LogP contribution in [0, 0.1) is 5.92 Å². The lowest BCUT2D eigenvalue weighted by Gasteiger charge is -2.37. The predicted octanol–water partition coefficient (Wildman–Crippen LogP) is 1.19. The summed E-state index contributed by atoms with van der Waals surface area (Å²) in [5.41, 5.74) is 2.25. The molecule has 0 spiro atoms. The van der Waals surface area contributed by atoms with Crippen LogP contribution in [0.3, 0.4) is 0 Å². The molecule has 1 aromatic heterocycles. The van der Waals surface area contributed by atoms with Crippen molar-refractivity contribution in [2.24, 2.45) is 16.6 Å². The fraction of sp³-hybridized carbons (Fsp3) is 0.632. The first-order valence-electron chi connectivity index (χ1n) is 19.8. The Labute approximate surface area is 338 Å². The number of nitrogens with two attached hydrogens (primary N) is 1. The molecule has 2 atom stereocenters. The number of piperidine rings is 1. The monoisotopic (exact) mass is 844 g/mol. The molecule has 316 valence electrons. The largest absolute Gasteiger partial charge is 0.384 e. The summed E-state index contributed by atoms with van der Waals surface area (Å²) in [6.45, 7) is 3.72. The number of benzene rings is 1. The molecule has 1 saturated carbocycles. The number of carbonyl (C=O) groups is 5. The molecular formula is C38H52N8O10S2. The number of aliphatic imine (C=N–C) groups is 1. The van der Waals surface area contributed by atoms with Gasteiger partial charge in [0, 0.05) is 31.6 Å². The van der Waals surface area contributed by atoms with Crippen LogP contribution in [-0.2, 0) is 44.6 Å². The molecule has 3 saturated heterocycles. The van der Waals surface area contributed by atoms with Gasteiger partial charge in [0.25, 0.3) is 17.7 Å². The number of likely N-dealkylation sites (tertiary alicyclic amines) is 1. The maximum absolute atomic E-state index is 14.8. The van der Waals surface area contributed by atoms with E-state index < -0.39 is 96.8 Å². The van der Waals surface area contributed by atoms with E-state index in [4.69, 9.17) is 5.73 Å². The Morgan fingerprint density at radius 2 is 1.60 bits per heavy atom. The fourth-order valence-corrected chi connectivity index (χ4v) is 11.5. The van der Waals surface area contributed by atoms with Crippen molar-refractivity contribution < 1.29 is 45.9 Å². The topological polar surface area (TPSA) is 261 Å². The lowest BCUT2D eigenvalue weighted by atomic mass is 9.85. The van der Waals surface area contributed by atoms with Gasteiger partial charge in [0.1, 0.15) is 22.9 Å². The summed E-state index contributed by atoms with van der Waals surface area (Å²) in [4.78, 5) is 74.1. The molecule has 0 radical (unpaired) electrons. The molecule has 4 amide bonds. The minimum Gasteiger partial charge on any atom is -0.384 e. The lowest BCUT2D eigenvalue weighted by Crippen LogP contribution is -2.64. The first-order chi connectivity index (χ1) is 27.3. The molecule has 3 aliphatic heterocycles. The molecule has 4 aliphatic rings. The first kappa shape index (κ1) is 43.2. The van der Waals surface area contributed by atoms with Gasteiger partial charge in [-0.05, 0) is 76.1 Å². The number of hydrogen-bond donors (Lipinski definition) is 3. The van der Waals surface area contributed by atoms with Crippen LogP contribution in [0.15, 0.2) is 40.4 Å². The van der Waals surface area contributed by atoms with Crippen LogP contribution in [0.25, 0.3) is 0 Å². The van der Waals surface area contributed by atoms with Gasteiger partial charge >= 0.3 is 0 Å². The van der Waals surface area contributed by atoms with Crippen LogP contribution in [0.4, 0.5) is 0 Å². The van der Waals surface area contributed by atoms with Crippen molar-refractivity contribution in [3.63, 3.8) is 0 Å². The van der Waals surface area contributed by atoms with E-state index in [1.807, 2.05) is 0 Å². The maximum atomic E-state index is 14.8. The number of nitrogens with zero attached hydrogens (tertiary/aromatic N) is 6. The maximum Gasteiger partial charge on any atom is 0.287 e. The summed E-state index contributed by atoms with van der Waals surface area (Å²) in [5.74, 6) is -5.86. The van der Waals surface area contributed by atoms with Gasteiger partial charge in [-0.1, -0.05) is 43.7 Å². The van der Waals surface area contributed by atoms with Gasteiger partial charge in [-0.25, -0.2) is 26.5 Å². The summed E-state index contributed by atoms with van der Waals surface area (Å²) >= 11 is 0. The van der Waals surface area contributed by atoms with E-state index in [2.05, 4.69) is 20.6 Å². The Balaban J connectivity index is 1.34. The molecule has 0 unspecified atom stereocenters. The van der Waals surface area contributed by atoms with Crippen molar-refractivity contribution in [3.05, 3.63) is 41.7 Å². The Hall–Kier alpha value is -4.40. The van der Waals surface area contributed by atoms with Gasteiger partial charge in [-0.2, -0.15) is 4.31 Å². The average Bonchev–Trinajstić information content (AvgIpc) is 3.88. The minimum absolute atomic E-state index is 0.00439. The van der Waals surface area contributed by atoms with Gasteiger partial charge in [0.05, 0.1) is 34.3 Å². The highest BCUT2D eigenvalue weighted by Crippen LogP contribution is 2.34. The third kappa shape index (κ3) is 9.39. The summed E-state index contributed by atoms with van der Waals surface area (Å²) in [6.07, 6.45) is 7.47. The SMILES string of the molecule is CC(C)(O)c1cnnn1[C@H]1C[C@@H](C(=O)NC2(C(=O)C(N)=O)CCS(=O)(=O)CC2)N(C(=O)C(CC2CCCCC2)=NC(=O)c2ccc(S(=O)(=O)N3CCCCC3)cc2)C1. The third-order valence-corrected chi connectivity index (χ3v) is 15.4. The Morgan fingerprint density at radius 3 is 2.21 bits per heavy atom. The Kier molecular flexibility index (Phi) is 12.7. The van der Waals surface area contributed by atoms with Gasteiger partial charge in [-0.15, -0.1) is 5.10 Å². The number of Topliss-reactive ketones (excluding diaryl/α,β-unsaturated/α-hetero) is 1. The van der Waals surface area contributed by atoms with Crippen molar-refractivity contribution in [2.45, 2.75) is 119 Å². The molecule has 1 aliphatic carbocycles. The number of carbonyl (C=O) groups excluding carboxylic acids is 5. The van der Waals surface area contributed by atoms with E-state index in [-0.39, 0.29) is 41.5 Å². The number of amides is 4. The standard InChI is InChI=1S/C38H52N8O10S2/c1-37(2,52)31-23-40-43-46(31)27-22-30(35(50)42-38(32(47)33(39)48)15-19-57(53,54)20-16-38)45(24-27)36(51)29(21-25-9-5-3-6-10-25)41-34(49)26-11-13-28(14-12-26)58(55,56)44-17-7-4-8-18-44/h11-14,23,25,27,30,52H,3-10,15-22,24H2,1-2H3,(H2,39,48)(H,42,50)/t27-,30-/m0/s1. The van der Waals surface area contributed by atoms with E-state index in [1.54, 1.807) is 0 Å². The van der Waals surface area contributed by atoms with Crippen molar-refractivity contribution in [2.75, 3.05) is 31.1 Å². The zero-order chi connectivity index (χ0) is 42.0. The van der Waals surface area contributed by atoms with E-state index in [1.165, 1.54) is 58.2 Å². The third-order valence-electron chi connectivity index (χ3n) is 11.8. The summed E-state index contributed by atoms with van der Waals surface area (Å²) in [7, 11) is -7.34. The number of aromatic nitrogens is 3. The molecule has 4 N–H and O–H groups in total. The van der Waals surface area contributed by atoms with Crippen molar-refractivity contribution >= 4 is 55.0 Å². The molecule has 58 heavy (non-hydrogen) atoms. The smallest absolute Gasteiger partial charge is 0.287 e. The normalized spacial score (nSPS) is 23.3. The number of rotatable bonds is 12. The number of nitrogens with one attached hydrogen (secondary N) is 1. The first-order valence-corrected chi connectivity index (χ1v) is 23.1. The Bertz CT molecular complexity index is 2150. The average molecular weight is 845 g/mol. The highest BCUT2D eigenvalue weighted by molar-refractivity contribution is 7.91. The van der Waals surface area contributed by atoms with Crippen molar-refractivity contribution in [1.82, 2.24) is 29.5 Å². The van der Waals surface area contributed by atoms with Crippen LogP contribution >= 0.6 is 0 Å². The lowest BCUT2D eigenvalue weighted by molar-refractivity contribution is -0.143. The Morgan fingerprint density at radius 1 is 0.983 bits per heavy atom. The predicted molar refractivity (Wildman–Crippen MR) is 209 cm³/mol. The van der Waals surface area contributed by atoms with Gasteiger partial charge < -0.3 is 21.1 Å². The summed E-state index contributed by atoms with van der Waals surface area (Å²) in [6, 6.07) is 3.33. The zero-order valence-corrected chi connectivity index (χ0v) is 34.5. The molecule has 0 bridgehead atoms. The second kappa shape index (κ2) is 17.1. The number of ketones is 1. The second-order valence-corrected chi connectivity index (χ2v) is 20.7. The highest BCUT2D eigenvalue weighted by Gasteiger charge is 2.50. The quantitative estimate of drug-likeness (QED) is 0.201. The summed E-state index contributed by atoms with van der Waals surface area (Å²) in [5, 5.41) is 21.6. The molecule has 18 nitrogen and oxygen atoms in total. The summed E-state index contributed by atoms with van der Waals surface area (Å²) < 4.78 is 54.1. The number of sulfonamides is 1. The van der Waals surface area contributed by atoms with Crippen molar-refractivity contribution in [3.8, 4) is 0 Å². The van der Waals surface area contributed by atoms with Crippen LogP contribution in [-0.4, -0.2) is 124 Å². The molecule has 4 fully saturated rings. The number of primary amides is 1. The molecule has 6 rings (SSSR count). The molecule has 1 aromatic carbocycles. The molecule has 2 aromatic rings. The number of sulfone groups is 1. The number of aliphatic hydroxyl groups is 1. The van der Waals surface area contributed by atoms with Crippen LogP contribution in [0.1, 0.15) is 113 Å². The van der Waals surface area contributed by atoms with E-state index in [0.29, 0.717) is 18.8 Å². The van der Waals surface area contributed by atoms with Crippen molar-refractivity contribution in [1.29, 1.82) is 0 Å². The van der Waals surface area contributed by atoms with Crippen LogP contribution in [0.2, 0.25) is 0 Å². The fourth-order valence-electron chi connectivity index (χ4n) is 8.49. The van der Waals surface area contributed by atoms with E-state index in [9.17, 15) is 45.9 Å². The molecular weight excluding hydrogens is 793 g/mol. The number of hydrogen-bond acceptors (Lipinski definition) is 12. The van der Waals surface area contributed by atoms with Crippen LogP contribution < -0.4 is 11.1 Å². The van der Waals surface area contributed by atoms with E-state index >= 15 is 0 Å². The minimum atomic E-state index is -3.77. The molecule has 4 heterocycles. The van der Waals surface area contributed by atoms with E-state index in [0.717, 1.165) is 51.4 Å². The van der Waals surface area contributed by atoms with Gasteiger partial charge in [-0.3, -0.25) is 24.0 Å². The zero-order valence-electron chi connectivity index (χ0n) is 32.8.